The van der Waals surface area contributed by atoms with E-state index >= 15 is 0 Å². The van der Waals surface area contributed by atoms with Crippen LogP contribution in [-0.2, 0) is 4.79 Å². The molecule has 1 aliphatic heterocycles. The standard InChI is InChI=1S/C14H17F2NO2/c1-9-4-2-3-7-17(9)13(14(18)19)10-5-6-11(15)12(16)8-10/h5-6,8-9,13H,2-4,7H2,1H3,(H,18,19). The summed E-state index contributed by atoms with van der Waals surface area (Å²) in [5.74, 6) is -2.99. The van der Waals surface area contributed by atoms with Crippen molar-refractivity contribution in [3.63, 3.8) is 0 Å². The van der Waals surface area contributed by atoms with Crippen molar-refractivity contribution >= 4 is 5.97 Å². The molecule has 2 unspecified atom stereocenters. The molecule has 1 aliphatic rings. The Bertz CT molecular complexity index is 479. The molecule has 1 aromatic carbocycles. The number of nitrogens with zero attached hydrogens (tertiary/aromatic N) is 1. The summed E-state index contributed by atoms with van der Waals surface area (Å²) >= 11 is 0. The van der Waals surface area contributed by atoms with Crippen LogP contribution in [-0.4, -0.2) is 28.6 Å². The predicted octanol–water partition coefficient (Wildman–Crippen LogP) is 2.96. The summed E-state index contributed by atoms with van der Waals surface area (Å²) in [5.41, 5.74) is 0.292. The Kier molecular flexibility index (Phi) is 4.14. The van der Waals surface area contributed by atoms with Crippen molar-refractivity contribution in [2.45, 2.75) is 38.3 Å². The van der Waals surface area contributed by atoms with E-state index in [9.17, 15) is 18.7 Å². The summed E-state index contributed by atoms with van der Waals surface area (Å²) in [4.78, 5) is 13.3. The zero-order valence-corrected chi connectivity index (χ0v) is 10.8. The number of halogens is 2. The molecule has 2 rings (SSSR count). The molecule has 0 aliphatic carbocycles. The van der Waals surface area contributed by atoms with Gasteiger partial charge in [0.25, 0.3) is 0 Å². The second kappa shape index (κ2) is 5.65. The summed E-state index contributed by atoms with van der Waals surface area (Å²) in [5, 5.41) is 9.40. The lowest BCUT2D eigenvalue weighted by atomic mass is 9.97. The van der Waals surface area contributed by atoms with Gasteiger partial charge in [0.05, 0.1) is 0 Å². The molecular weight excluding hydrogens is 252 g/mol. The summed E-state index contributed by atoms with van der Waals surface area (Å²) in [6.07, 6.45) is 2.92. The molecule has 0 radical (unpaired) electrons. The predicted molar refractivity (Wildman–Crippen MR) is 66.8 cm³/mol. The molecule has 2 atom stereocenters. The van der Waals surface area contributed by atoms with Gasteiger partial charge >= 0.3 is 5.97 Å². The smallest absolute Gasteiger partial charge is 0.325 e. The first-order chi connectivity index (χ1) is 9.00. The van der Waals surface area contributed by atoms with Gasteiger partial charge < -0.3 is 5.11 Å². The Morgan fingerprint density at radius 2 is 2.11 bits per heavy atom. The third-order valence-corrected chi connectivity index (χ3v) is 3.68. The van der Waals surface area contributed by atoms with Crippen molar-refractivity contribution in [1.82, 2.24) is 4.90 Å². The molecule has 3 nitrogen and oxygen atoms in total. The summed E-state index contributed by atoms with van der Waals surface area (Å²) in [6, 6.07) is 2.52. The molecular formula is C14H17F2NO2. The van der Waals surface area contributed by atoms with Crippen LogP contribution in [0.5, 0.6) is 0 Å². The molecule has 104 valence electrons. The van der Waals surface area contributed by atoms with Crippen LogP contribution in [0.4, 0.5) is 8.78 Å². The fourth-order valence-corrected chi connectivity index (χ4v) is 2.66. The third kappa shape index (κ3) is 2.92. The molecule has 0 saturated carbocycles. The van der Waals surface area contributed by atoms with Crippen LogP contribution in [0.25, 0.3) is 0 Å². The average Bonchev–Trinajstić information content (AvgIpc) is 2.36. The highest BCUT2D eigenvalue weighted by Gasteiger charge is 2.32. The number of carbonyl (C=O) groups is 1. The van der Waals surface area contributed by atoms with Crippen LogP contribution in [0.3, 0.4) is 0 Å². The fourth-order valence-electron chi connectivity index (χ4n) is 2.66. The molecule has 1 N–H and O–H groups in total. The van der Waals surface area contributed by atoms with E-state index in [1.165, 1.54) is 6.07 Å². The number of carboxylic acid groups (broad SMARTS) is 1. The molecule has 1 aromatic rings. The van der Waals surface area contributed by atoms with Crippen LogP contribution >= 0.6 is 0 Å². The van der Waals surface area contributed by atoms with Gasteiger partial charge in [0, 0.05) is 6.04 Å². The Hall–Kier alpha value is -1.49. The van der Waals surface area contributed by atoms with Crippen molar-refractivity contribution in [2.24, 2.45) is 0 Å². The summed E-state index contributed by atoms with van der Waals surface area (Å²) in [6.45, 7) is 2.63. The van der Waals surface area contributed by atoms with Crippen molar-refractivity contribution in [3.8, 4) is 0 Å². The molecule has 0 bridgehead atoms. The fraction of sp³-hybridized carbons (Fsp3) is 0.500. The van der Waals surface area contributed by atoms with E-state index in [0.29, 0.717) is 12.1 Å². The molecule has 1 saturated heterocycles. The molecule has 0 amide bonds. The number of likely N-dealkylation sites (tertiary alicyclic amines) is 1. The number of hydrogen-bond acceptors (Lipinski definition) is 2. The minimum Gasteiger partial charge on any atom is -0.480 e. The van der Waals surface area contributed by atoms with E-state index in [1.54, 1.807) is 0 Å². The number of aliphatic carboxylic acids is 1. The topological polar surface area (TPSA) is 40.5 Å². The molecule has 0 spiro atoms. The highest BCUT2D eigenvalue weighted by Crippen LogP contribution is 2.29. The minimum absolute atomic E-state index is 0.128. The van der Waals surface area contributed by atoms with Gasteiger partial charge in [-0.3, -0.25) is 9.69 Å². The maximum absolute atomic E-state index is 13.3. The second-order valence-corrected chi connectivity index (χ2v) is 5.00. The van der Waals surface area contributed by atoms with E-state index in [-0.39, 0.29) is 6.04 Å². The second-order valence-electron chi connectivity index (χ2n) is 5.00. The maximum atomic E-state index is 13.3. The van der Waals surface area contributed by atoms with Gasteiger partial charge in [0.15, 0.2) is 11.6 Å². The Labute approximate surface area is 110 Å². The van der Waals surface area contributed by atoms with E-state index in [0.717, 1.165) is 31.4 Å². The van der Waals surface area contributed by atoms with E-state index in [2.05, 4.69) is 0 Å². The van der Waals surface area contributed by atoms with Gasteiger partial charge in [-0.2, -0.15) is 0 Å². The molecule has 1 heterocycles. The Morgan fingerprint density at radius 1 is 1.37 bits per heavy atom. The molecule has 5 heteroatoms. The van der Waals surface area contributed by atoms with Crippen molar-refractivity contribution in [2.75, 3.05) is 6.54 Å². The lowest BCUT2D eigenvalue weighted by molar-refractivity contribution is -0.145. The number of carboxylic acids is 1. The normalized spacial score (nSPS) is 22.2. The largest absolute Gasteiger partial charge is 0.480 e. The number of hydrogen-bond donors (Lipinski definition) is 1. The first-order valence-electron chi connectivity index (χ1n) is 6.44. The average molecular weight is 269 g/mol. The molecule has 0 aromatic heterocycles. The van der Waals surface area contributed by atoms with E-state index in [4.69, 9.17) is 0 Å². The number of piperidine rings is 1. The van der Waals surface area contributed by atoms with Gasteiger partial charge in [-0.25, -0.2) is 8.78 Å². The van der Waals surface area contributed by atoms with E-state index in [1.807, 2.05) is 11.8 Å². The highest BCUT2D eigenvalue weighted by atomic mass is 19.2. The van der Waals surface area contributed by atoms with Crippen LogP contribution in [0.1, 0.15) is 37.8 Å². The zero-order chi connectivity index (χ0) is 14.0. The highest BCUT2D eigenvalue weighted by molar-refractivity contribution is 5.75. The van der Waals surface area contributed by atoms with Crippen LogP contribution in [0.15, 0.2) is 18.2 Å². The maximum Gasteiger partial charge on any atom is 0.325 e. The van der Waals surface area contributed by atoms with Gasteiger partial charge in [-0.15, -0.1) is 0 Å². The number of rotatable bonds is 3. The van der Waals surface area contributed by atoms with Crippen LogP contribution in [0, 0.1) is 11.6 Å². The van der Waals surface area contributed by atoms with Crippen LogP contribution in [0.2, 0.25) is 0 Å². The third-order valence-electron chi connectivity index (χ3n) is 3.68. The summed E-state index contributed by atoms with van der Waals surface area (Å²) < 4.78 is 26.2. The SMILES string of the molecule is CC1CCCCN1C(C(=O)O)c1ccc(F)c(F)c1. The first-order valence-corrected chi connectivity index (χ1v) is 6.44. The quantitative estimate of drug-likeness (QED) is 0.917. The monoisotopic (exact) mass is 269 g/mol. The van der Waals surface area contributed by atoms with Gasteiger partial charge in [0.1, 0.15) is 6.04 Å². The lowest BCUT2D eigenvalue weighted by Gasteiger charge is -2.37. The molecule has 19 heavy (non-hydrogen) atoms. The van der Waals surface area contributed by atoms with Crippen LogP contribution < -0.4 is 0 Å². The van der Waals surface area contributed by atoms with Gasteiger partial charge in [0.2, 0.25) is 0 Å². The Balaban J connectivity index is 2.33. The van der Waals surface area contributed by atoms with Gasteiger partial charge in [-0.1, -0.05) is 12.5 Å². The minimum atomic E-state index is -1.03. The molecule has 1 fully saturated rings. The Morgan fingerprint density at radius 3 is 2.68 bits per heavy atom. The first kappa shape index (κ1) is 13.9. The number of benzene rings is 1. The summed E-state index contributed by atoms with van der Waals surface area (Å²) in [7, 11) is 0. The van der Waals surface area contributed by atoms with Crippen molar-refractivity contribution in [3.05, 3.63) is 35.4 Å². The van der Waals surface area contributed by atoms with Crippen molar-refractivity contribution < 1.29 is 18.7 Å². The van der Waals surface area contributed by atoms with Gasteiger partial charge in [-0.05, 0) is 44.0 Å². The van der Waals surface area contributed by atoms with Crippen molar-refractivity contribution in [1.29, 1.82) is 0 Å². The van der Waals surface area contributed by atoms with E-state index < -0.39 is 23.6 Å². The lowest BCUT2D eigenvalue weighted by Crippen LogP contribution is -2.43. The zero-order valence-electron chi connectivity index (χ0n) is 10.8.